The van der Waals surface area contributed by atoms with Crippen LogP contribution in [-0.4, -0.2) is 148 Å². The Hall–Kier alpha value is -12.8. The standard InChI is InChI=1S/C28H32N8O2.C27H29N7O3.C27H28N6O2/c1-35(2)16-6-9-24(37)33-23-15-12-20(17-30-23)36-28-25(27(29)31-18-32-28)26(34-36)19-10-13-22(14-11-19)38-21-7-4-3-5-8-21;1-36-15-5-8-23(35)32-22-14-11-19(16-29-22)34-27-24(26(28)30-17-31-27)25(33-34)18-9-12-21(13-10-18)37-20-6-3-2-4-7-20;1-2-6-23(34)31-19-11-13-20(14-12-19)33-27-24(26(28)29-17-30-27)25(32-33)18-9-15-22(16-10-18)35-21-7-4-3-5-8-21/h3-11,13-14,18,20,23,30H,12,15-17H2,1-2H3,(H,33,37)(H2,29,31,32);2-10,12-13,17,19,22,29H,11,14-16H2,1H3,(H,32,35)(H2,28,30,31);2-10,15-17,19-20H,11-14H2,1H3,(H,31,34)(H2,28,29,30)/b9-6+;8-5+;6-2+/t20-,23+;19-,22+;/m11./s1. The Morgan fingerprint density at radius 1 is 0.445 bits per heavy atom. The highest BCUT2D eigenvalue weighted by Crippen LogP contribution is 2.40. The maximum atomic E-state index is 12.2. The molecular formula is C82H89N21O7. The Labute approximate surface area is 636 Å². The lowest BCUT2D eigenvalue weighted by atomic mass is 9.91. The number of hydrogen-bond donors (Lipinski definition) is 8. The fourth-order valence-electron chi connectivity index (χ4n) is 13.5. The average molecular weight is 1480 g/mol. The molecule has 28 nitrogen and oxygen atoms in total. The van der Waals surface area contributed by atoms with E-state index in [1.54, 1.807) is 31.4 Å². The number of piperidine rings is 2. The summed E-state index contributed by atoms with van der Waals surface area (Å²) >= 11 is 0. The van der Waals surface area contributed by atoms with E-state index in [1.165, 1.54) is 25.1 Å². The lowest BCUT2D eigenvalue weighted by Crippen LogP contribution is -2.50. The SMILES string of the molecule is C/C=C/C(=O)NC1CCC(n2nc(-c3ccc(Oc4ccccc4)cc3)c3c(N)ncnc32)CC1.CN(C)C/C=C/C(=O)N[C@H]1CC[C@@H](n2nc(-c3ccc(Oc4ccccc4)cc3)c3c(N)ncnc32)CN1.COC/C=C/C(=O)N[C@H]1CC[C@@H](n2nc(-c3ccc(Oc4ccccc4)cc3)c3c(N)ncnc32)CN1. The fraction of sp³-hybridized carbons (Fsp3) is 0.268. The molecule has 564 valence electrons. The summed E-state index contributed by atoms with van der Waals surface area (Å²) in [5.41, 5.74) is 25.9. The molecule has 12 aromatic rings. The maximum absolute atomic E-state index is 12.2. The van der Waals surface area contributed by atoms with Gasteiger partial charge in [0.1, 0.15) is 88.0 Å². The molecule has 6 aromatic heterocycles. The normalized spacial score (nSPS) is 17.9. The number of anilines is 3. The molecule has 1 saturated carbocycles. The first-order chi connectivity index (χ1) is 53.7. The number of carbonyl (C=O) groups is 3. The second-order valence-electron chi connectivity index (χ2n) is 27.0. The van der Waals surface area contributed by atoms with Gasteiger partial charge in [0.05, 0.1) is 53.2 Å². The average Bonchev–Trinajstić information content (AvgIpc) is 1.62. The summed E-state index contributed by atoms with van der Waals surface area (Å²) in [6.07, 6.45) is 20.8. The first-order valence-electron chi connectivity index (χ1n) is 36.7. The van der Waals surface area contributed by atoms with Crippen LogP contribution >= 0.6 is 0 Å². The van der Waals surface area contributed by atoms with Gasteiger partial charge in [-0.25, -0.2) is 43.9 Å². The second-order valence-corrected chi connectivity index (χ2v) is 27.0. The van der Waals surface area contributed by atoms with Crippen molar-refractivity contribution in [3.63, 3.8) is 0 Å². The number of rotatable bonds is 22. The molecule has 2 aliphatic heterocycles. The molecule has 8 heterocycles. The molecule has 0 radical (unpaired) electrons. The van der Waals surface area contributed by atoms with E-state index in [0.29, 0.717) is 48.4 Å². The lowest BCUT2D eigenvalue weighted by Gasteiger charge is -2.30. The first-order valence-corrected chi connectivity index (χ1v) is 36.7. The summed E-state index contributed by atoms with van der Waals surface area (Å²) in [7, 11) is 5.51. The summed E-state index contributed by atoms with van der Waals surface area (Å²) in [5, 5.41) is 33.0. The molecule has 0 bridgehead atoms. The molecule has 3 aliphatic rings. The summed E-state index contributed by atoms with van der Waals surface area (Å²) in [5.74, 6) is 5.41. The predicted molar refractivity (Wildman–Crippen MR) is 424 cm³/mol. The van der Waals surface area contributed by atoms with Crippen molar-refractivity contribution < 1.29 is 33.3 Å². The number of nitrogen functional groups attached to an aromatic ring is 3. The number of para-hydroxylation sites is 3. The minimum absolute atomic E-state index is 0.0389. The van der Waals surface area contributed by atoms with Gasteiger partial charge in [-0.05, 0) is 188 Å². The zero-order valence-electron chi connectivity index (χ0n) is 61.6. The Kier molecular flexibility index (Phi) is 24.9. The summed E-state index contributed by atoms with van der Waals surface area (Å²) in [4.78, 5) is 64.4. The number of nitrogens with one attached hydrogen (secondary N) is 5. The van der Waals surface area contributed by atoms with Gasteiger partial charge >= 0.3 is 0 Å². The van der Waals surface area contributed by atoms with Crippen LogP contribution in [-0.2, 0) is 19.1 Å². The topological polar surface area (TPSA) is 360 Å². The van der Waals surface area contributed by atoms with Crippen LogP contribution in [0.3, 0.4) is 0 Å². The lowest BCUT2D eigenvalue weighted by molar-refractivity contribution is -0.118. The predicted octanol–water partition coefficient (Wildman–Crippen LogP) is 11.8. The van der Waals surface area contributed by atoms with Gasteiger partial charge in [-0.15, -0.1) is 0 Å². The largest absolute Gasteiger partial charge is 0.457 e. The third-order valence-electron chi connectivity index (χ3n) is 19.0. The molecule has 3 amide bonds. The van der Waals surface area contributed by atoms with Gasteiger partial charge in [-0.1, -0.05) is 72.8 Å². The van der Waals surface area contributed by atoms with Crippen molar-refractivity contribution in [3.8, 4) is 68.3 Å². The zero-order chi connectivity index (χ0) is 76.3. The van der Waals surface area contributed by atoms with Crippen LogP contribution in [0, 0.1) is 0 Å². The van der Waals surface area contributed by atoms with Crippen LogP contribution < -0.4 is 58.0 Å². The number of amides is 3. The van der Waals surface area contributed by atoms with E-state index < -0.39 is 0 Å². The number of aromatic nitrogens is 12. The van der Waals surface area contributed by atoms with Gasteiger partial charge in [-0.3, -0.25) is 25.0 Å². The highest BCUT2D eigenvalue weighted by Gasteiger charge is 2.31. The molecule has 3 fully saturated rings. The van der Waals surface area contributed by atoms with E-state index in [1.807, 2.05) is 210 Å². The van der Waals surface area contributed by atoms with Crippen molar-refractivity contribution in [1.82, 2.24) is 90.7 Å². The van der Waals surface area contributed by atoms with Crippen LogP contribution in [0.4, 0.5) is 17.5 Å². The molecular weight excluding hydrogens is 1390 g/mol. The number of allylic oxidation sites excluding steroid dienone is 1. The molecule has 6 aromatic carbocycles. The minimum Gasteiger partial charge on any atom is -0.457 e. The van der Waals surface area contributed by atoms with Crippen LogP contribution in [0.2, 0.25) is 0 Å². The van der Waals surface area contributed by atoms with Crippen LogP contribution in [0.15, 0.2) is 219 Å². The van der Waals surface area contributed by atoms with Crippen molar-refractivity contribution in [2.45, 2.75) is 94.8 Å². The highest BCUT2D eigenvalue weighted by atomic mass is 16.5. The molecule has 2 saturated heterocycles. The van der Waals surface area contributed by atoms with Crippen molar-refractivity contribution in [3.05, 3.63) is 219 Å². The smallest absolute Gasteiger partial charge is 0.244 e. The van der Waals surface area contributed by atoms with Crippen molar-refractivity contribution in [1.29, 1.82) is 0 Å². The number of fused-ring (bicyclic) bond motifs is 3. The number of nitrogens with zero attached hydrogens (tertiary/aromatic N) is 13. The number of hydrogen-bond acceptors (Lipinski definition) is 22. The number of methoxy groups -OCH3 is 1. The van der Waals surface area contributed by atoms with E-state index in [9.17, 15) is 14.4 Å². The van der Waals surface area contributed by atoms with E-state index in [4.69, 9.17) is 51.4 Å². The molecule has 0 spiro atoms. The molecule has 4 atom stereocenters. The van der Waals surface area contributed by atoms with Gasteiger partial charge in [0, 0.05) is 61.6 Å². The zero-order valence-corrected chi connectivity index (χ0v) is 61.6. The third-order valence-corrected chi connectivity index (χ3v) is 19.0. The first kappa shape index (κ1) is 75.5. The maximum Gasteiger partial charge on any atom is 0.244 e. The van der Waals surface area contributed by atoms with E-state index in [2.05, 4.69) is 56.5 Å². The Morgan fingerprint density at radius 3 is 1.14 bits per heavy atom. The molecule has 15 rings (SSSR count). The van der Waals surface area contributed by atoms with Gasteiger partial charge in [0.25, 0.3) is 0 Å². The van der Waals surface area contributed by atoms with Gasteiger partial charge < -0.3 is 57.0 Å². The highest BCUT2D eigenvalue weighted by molar-refractivity contribution is 6.00. The van der Waals surface area contributed by atoms with E-state index in [-0.39, 0.29) is 54.2 Å². The third kappa shape index (κ3) is 19.0. The minimum atomic E-state index is -0.153. The van der Waals surface area contributed by atoms with Crippen LogP contribution in [0.25, 0.3) is 66.9 Å². The van der Waals surface area contributed by atoms with E-state index in [0.717, 1.165) is 148 Å². The molecule has 28 heteroatoms. The Bertz CT molecular complexity index is 5150. The number of ether oxygens (including phenoxy) is 4. The Balaban J connectivity index is 0.000000145. The van der Waals surface area contributed by atoms with Gasteiger partial charge in [-0.2, -0.15) is 15.3 Å². The van der Waals surface area contributed by atoms with Crippen LogP contribution in [0.1, 0.15) is 76.4 Å². The quantitative estimate of drug-likeness (QED) is 0.0292. The fourth-order valence-corrected chi connectivity index (χ4v) is 13.5. The summed E-state index contributed by atoms with van der Waals surface area (Å²) in [6.45, 7) is 4.22. The van der Waals surface area contributed by atoms with Crippen LogP contribution in [0.5, 0.6) is 34.5 Å². The van der Waals surface area contributed by atoms with E-state index >= 15 is 0 Å². The van der Waals surface area contributed by atoms with Crippen molar-refractivity contribution >= 4 is 68.3 Å². The van der Waals surface area contributed by atoms with Crippen molar-refractivity contribution in [2.75, 3.05) is 64.6 Å². The second kappa shape index (κ2) is 36.2. The molecule has 11 N–H and O–H groups in total. The molecule has 1 aliphatic carbocycles. The van der Waals surface area contributed by atoms with Gasteiger partial charge in [0.2, 0.25) is 17.7 Å². The number of nitrogens with two attached hydrogens (primary N) is 3. The number of benzene rings is 6. The monoisotopic (exact) mass is 1480 g/mol. The molecule has 0 unspecified atom stereocenters. The van der Waals surface area contributed by atoms with Gasteiger partial charge in [0.15, 0.2) is 16.9 Å². The summed E-state index contributed by atoms with van der Waals surface area (Å²) < 4.78 is 28.5. The Morgan fingerprint density at radius 2 is 0.791 bits per heavy atom. The number of carbonyl (C=O) groups excluding carboxylic acids is 3. The summed E-state index contributed by atoms with van der Waals surface area (Å²) in [6, 6.07) is 52.7. The number of likely N-dealkylation sites (N-methyl/N-ethyl adjacent to an activating group) is 1. The van der Waals surface area contributed by atoms with Crippen molar-refractivity contribution in [2.24, 2.45) is 0 Å². The molecule has 110 heavy (non-hydrogen) atoms.